The first-order valence-corrected chi connectivity index (χ1v) is 7.70. The number of aryl methyl sites for hydroxylation is 2. The summed E-state index contributed by atoms with van der Waals surface area (Å²) < 4.78 is 5.44. The van der Waals surface area contributed by atoms with Crippen molar-refractivity contribution in [3.05, 3.63) is 65.2 Å². The second-order valence-corrected chi connectivity index (χ2v) is 5.38. The summed E-state index contributed by atoms with van der Waals surface area (Å²) in [6.45, 7) is 5.92. The zero-order valence-corrected chi connectivity index (χ0v) is 13.8. The first kappa shape index (κ1) is 16.7. The van der Waals surface area contributed by atoms with Gasteiger partial charge in [-0.2, -0.15) is 5.10 Å². The first-order valence-electron chi connectivity index (χ1n) is 7.70. The Morgan fingerprint density at radius 3 is 2.35 bits per heavy atom. The maximum Gasteiger partial charge on any atom is 0.277 e. The van der Waals surface area contributed by atoms with Crippen LogP contribution in [0.1, 0.15) is 30.5 Å². The van der Waals surface area contributed by atoms with Gasteiger partial charge in [-0.3, -0.25) is 4.79 Å². The smallest absolute Gasteiger partial charge is 0.277 e. The van der Waals surface area contributed by atoms with Gasteiger partial charge in [0.1, 0.15) is 5.75 Å². The topological polar surface area (TPSA) is 50.7 Å². The molecule has 120 valence electrons. The Hall–Kier alpha value is -2.62. The number of amides is 1. The summed E-state index contributed by atoms with van der Waals surface area (Å²) in [4.78, 5) is 11.8. The predicted octanol–water partition coefficient (Wildman–Crippen LogP) is 3.48. The molecule has 4 heteroatoms. The van der Waals surface area contributed by atoms with Crippen LogP contribution in [0.15, 0.2) is 53.6 Å². The summed E-state index contributed by atoms with van der Waals surface area (Å²) in [6, 6.07) is 15.7. The molecular formula is C19H22N2O2. The van der Waals surface area contributed by atoms with Crippen LogP contribution in [0.2, 0.25) is 0 Å². The van der Waals surface area contributed by atoms with Crippen molar-refractivity contribution in [2.24, 2.45) is 5.10 Å². The third kappa shape index (κ3) is 5.25. The number of hydrogen-bond acceptors (Lipinski definition) is 3. The molecule has 0 aliphatic heterocycles. The molecule has 0 aliphatic carbocycles. The van der Waals surface area contributed by atoms with Crippen LogP contribution in [0.25, 0.3) is 0 Å². The molecule has 0 aromatic heterocycles. The molecule has 2 rings (SSSR count). The van der Waals surface area contributed by atoms with Crippen LogP contribution in [0, 0.1) is 6.92 Å². The Morgan fingerprint density at radius 1 is 1.09 bits per heavy atom. The van der Waals surface area contributed by atoms with Crippen LogP contribution < -0.4 is 10.2 Å². The third-order valence-corrected chi connectivity index (χ3v) is 3.52. The summed E-state index contributed by atoms with van der Waals surface area (Å²) in [5.41, 5.74) is 6.67. The highest BCUT2D eigenvalue weighted by Crippen LogP contribution is 2.12. The van der Waals surface area contributed by atoms with Gasteiger partial charge in [0.15, 0.2) is 6.61 Å². The number of carbonyl (C=O) groups excluding carboxylic acids is 1. The van der Waals surface area contributed by atoms with Crippen molar-refractivity contribution in [1.29, 1.82) is 0 Å². The Kier molecular flexibility index (Phi) is 5.92. The van der Waals surface area contributed by atoms with Gasteiger partial charge in [0.2, 0.25) is 0 Å². The number of nitrogens with one attached hydrogen (secondary N) is 1. The molecule has 0 atom stereocenters. The van der Waals surface area contributed by atoms with Crippen LogP contribution in [0.4, 0.5) is 0 Å². The molecule has 4 nitrogen and oxygen atoms in total. The zero-order chi connectivity index (χ0) is 16.7. The van der Waals surface area contributed by atoms with Gasteiger partial charge in [0.05, 0.1) is 5.71 Å². The molecule has 0 saturated heterocycles. The summed E-state index contributed by atoms with van der Waals surface area (Å²) >= 11 is 0. The van der Waals surface area contributed by atoms with E-state index in [4.69, 9.17) is 4.74 Å². The zero-order valence-electron chi connectivity index (χ0n) is 13.8. The molecule has 0 spiro atoms. The largest absolute Gasteiger partial charge is 0.484 e. The Labute approximate surface area is 137 Å². The molecule has 2 aromatic carbocycles. The maximum atomic E-state index is 11.8. The van der Waals surface area contributed by atoms with Gasteiger partial charge < -0.3 is 4.74 Å². The summed E-state index contributed by atoms with van der Waals surface area (Å²) in [5.74, 6) is 0.396. The highest BCUT2D eigenvalue weighted by Gasteiger charge is 2.03. The number of ether oxygens (including phenoxy) is 1. The second-order valence-electron chi connectivity index (χ2n) is 5.38. The van der Waals surface area contributed by atoms with Crippen molar-refractivity contribution in [3.63, 3.8) is 0 Å². The number of benzene rings is 2. The van der Waals surface area contributed by atoms with Crippen LogP contribution in [0.3, 0.4) is 0 Å². The van der Waals surface area contributed by atoms with Gasteiger partial charge in [-0.1, -0.05) is 48.9 Å². The van der Waals surface area contributed by atoms with Crippen molar-refractivity contribution >= 4 is 11.6 Å². The highest BCUT2D eigenvalue weighted by molar-refractivity contribution is 5.99. The van der Waals surface area contributed by atoms with E-state index in [0.29, 0.717) is 5.75 Å². The van der Waals surface area contributed by atoms with Crippen molar-refractivity contribution < 1.29 is 9.53 Å². The third-order valence-electron chi connectivity index (χ3n) is 3.52. The van der Waals surface area contributed by atoms with Crippen molar-refractivity contribution in [2.75, 3.05) is 6.61 Å². The van der Waals surface area contributed by atoms with Crippen LogP contribution in [-0.4, -0.2) is 18.2 Å². The normalized spacial score (nSPS) is 11.2. The highest BCUT2D eigenvalue weighted by atomic mass is 16.5. The second kappa shape index (κ2) is 8.13. The Bertz CT molecular complexity index is 674. The summed E-state index contributed by atoms with van der Waals surface area (Å²) in [7, 11) is 0. The van der Waals surface area contributed by atoms with E-state index in [-0.39, 0.29) is 12.5 Å². The van der Waals surface area contributed by atoms with Gasteiger partial charge in [0, 0.05) is 0 Å². The van der Waals surface area contributed by atoms with Gasteiger partial charge in [-0.05, 0) is 43.5 Å². The minimum absolute atomic E-state index is 0.0594. The fourth-order valence-corrected chi connectivity index (χ4v) is 2.01. The minimum Gasteiger partial charge on any atom is -0.484 e. The number of rotatable bonds is 6. The molecule has 0 radical (unpaired) electrons. The molecule has 2 aromatic rings. The number of hydrazone groups is 1. The fourth-order valence-electron chi connectivity index (χ4n) is 2.01. The Balaban J connectivity index is 1.84. The molecule has 0 bridgehead atoms. The molecule has 0 aliphatic rings. The number of carbonyl (C=O) groups is 1. The Morgan fingerprint density at radius 2 is 1.74 bits per heavy atom. The number of nitrogens with zero attached hydrogens (tertiary/aromatic N) is 1. The molecule has 23 heavy (non-hydrogen) atoms. The average Bonchev–Trinajstić information content (AvgIpc) is 2.59. The van der Waals surface area contributed by atoms with E-state index in [2.05, 4.69) is 17.5 Å². The maximum absolute atomic E-state index is 11.8. The first-order chi connectivity index (χ1) is 11.1. The lowest BCUT2D eigenvalue weighted by atomic mass is 10.1. The van der Waals surface area contributed by atoms with Crippen molar-refractivity contribution in [1.82, 2.24) is 5.43 Å². The van der Waals surface area contributed by atoms with Crippen LogP contribution in [-0.2, 0) is 11.2 Å². The lowest BCUT2D eigenvalue weighted by Crippen LogP contribution is -2.25. The van der Waals surface area contributed by atoms with Gasteiger partial charge in [0.25, 0.3) is 5.91 Å². The SMILES string of the molecule is CCc1ccc(OCC(=O)N/N=C(\C)c2ccc(C)cc2)cc1. The quantitative estimate of drug-likeness (QED) is 0.656. The van der Waals surface area contributed by atoms with Crippen LogP contribution in [0.5, 0.6) is 5.75 Å². The monoisotopic (exact) mass is 310 g/mol. The molecular weight excluding hydrogens is 288 g/mol. The minimum atomic E-state index is -0.281. The van der Waals surface area contributed by atoms with E-state index in [9.17, 15) is 4.79 Å². The van der Waals surface area contributed by atoms with Gasteiger partial charge in [-0.25, -0.2) is 5.43 Å². The number of hydrogen-bond donors (Lipinski definition) is 1. The molecule has 0 unspecified atom stereocenters. The fraction of sp³-hybridized carbons (Fsp3) is 0.263. The van der Waals surface area contributed by atoms with E-state index >= 15 is 0 Å². The molecule has 1 amide bonds. The molecule has 0 heterocycles. The van der Waals surface area contributed by atoms with Crippen LogP contribution >= 0.6 is 0 Å². The lowest BCUT2D eigenvalue weighted by Gasteiger charge is -2.06. The summed E-state index contributed by atoms with van der Waals surface area (Å²) in [6.07, 6.45) is 0.980. The van der Waals surface area contributed by atoms with E-state index in [0.717, 1.165) is 17.7 Å². The van der Waals surface area contributed by atoms with Crippen molar-refractivity contribution in [3.8, 4) is 5.75 Å². The molecule has 1 N–H and O–H groups in total. The van der Waals surface area contributed by atoms with E-state index in [1.54, 1.807) is 0 Å². The average molecular weight is 310 g/mol. The van der Waals surface area contributed by atoms with E-state index < -0.39 is 0 Å². The van der Waals surface area contributed by atoms with Crippen molar-refractivity contribution in [2.45, 2.75) is 27.2 Å². The van der Waals surface area contributed by atoms with E-state index in [1.165, 1.54) is 11.1 Å². The summed E-state index contributed by atoms with van der Waals surface area (Å²) in [5, 5.41) is 4.10. The lowest BCUT2D eigenvalue weighted by molar-refractivity contribution is -0.123. The predicted molar refractivity (Wildman–Crippen MR) is 92.8 cm³/mol. The molecule has 0 saturated carbocycles. The van der Waals surface area contributed by atoms with Gasteiger partial charge in [-0.15, -0.1) is 0 Å². The van der Waals surface area contributed by atoms with E-state index in [1.807, 2.05) is 62.4 Å². The van der Waals surface area contributed by atoms with Gasteiger partial charge >= 0.3 is 0 Å². The molecule has 0 fully saturated rings. The standard InChI is InChI=1S/C19H22N2O2/c1-4-16-7-11-18(12-8-16)23-13-19(22)21-20-15(3)17-9-5-14(2)6-10-17/h5-12H,4,13H2,1-3H3,(H,21,22)/b20-15+.